The molecule has 1 aromatic carbocycles. The lowest BCUT2D eigenvalue weighted by atomic mass is 9.97. The SMILES string of the molecule is CCCNC1CCc2c(-c3cncc(OC)c3)cccc21. The fraction of sp³-hybridized carbons (Fsp3) is 0.389. The van der Waals surface area contributed by atoms with Crippen LogP contribution in [0.4, 0.5) is 0 Å². The molecule has 0 aliphatic heterocycles. The highest BCUT2D eigenvalue weighted by Gasteiger charge is 2.24. The van der Waals surface area contributed by atoms with Gasteiger partial charge in [0.2, 0.25) is 0 Å². The summed E-state index contributed by atoms with van der Waals surface area (Å²) < 4.78 is 5.30. The number of hydrogen-bond acceptors (Lipinski definition) is 3. The Hall–Kier alpha value is -1.87. The molecule has 0 saturated carbocycles. The van der Waals surface area contributed by atoms with Crippen molar-refractivity contribution in [1.82, 2.24) is 10.3 Å². The third kappa shape index (κ3) is 2.79. The van der Waals surface area contributed by atoms with Gasteiger partial charge in [0.25, 0.3) is 0 Å². The van der Waals surface area contributed by atoms with E-state index >= 15 is 0 Å². The number of fused-ring (bicyclic) bond motifs is 1. The van der Waals surface area contributed by atoms with Crippen molar-refractivity contribution in [3.05, 3.63) is 47.8 Å². The molecule has 1 heterocycles. The largest absolute Gasteiger partial charge is 0.495 e. The van der Waals surface area contributed by atoms with E-state index in [9.17, 15) is 0 Å². The number of rotatable bonds is 5. The lowest BCUT2D eigenvalue weighted by molar-refractivity contribution is 0.413. The summed E-state index contributed by atoms with van der Waals surface area (Å²) in [5, 5.41) is 3.65. The van der Waals surface area contributed by atoms with Crippen LogP contribution in [-0.4, -0.2) is 18.6 Å². The number of ether oxygens (including phenoxy) is 1. The number of methoxy groups -OCH3 is 1. The summed E-state index contributed by atoms with van der Waals surface area (Å²) in [6.07, 6.45) is 7.16. The topological polar surface area (TPSA) is 34.2 Å². The molecule has 3 heteroatoms. The molecule has 0 radical (unpaired) electrons. The maximum atomic E-state index is 5.30. The molecule has 2 aromatic rings. The van der Waals surface area contributed by atoms with E-state index in [1.165, 1.54) is 29.5 Å². The molecule has 3 nitrogen and oxygen atoms in total. The van der Waals surface area contributed by atoms with Gasteiger partial charge in [-0.25, -0.2) is 0 Å². The molecule has 0 bridgehead atoms. The van der Waals surface area contributed by atoms with E-state index in [-0.39, 0.29) is 0 Å². The maximum absolute atomic E-state index is 5.30. The first-order chi connectivity index (χ1) is 10.3. The van der Waals surface area contributed by atoms with Gasteiger partial charge in [0.1, 0.15) is 5.75 Å². The van der Waals surface area contributed by atoms with E-state index in [0.717, 1.165) is 24.3 Å². The molecule has 1 aliphatic carbocycles. The Morgan fingerprint density at radius 1 is 1.33 bits per heavy atom. The van der Waals surface area contributed by atoms with Crippen LogP contribution in [0.15, 0.2) is 36.7 Å². The van der Waals surface area contributed by atoms with Gasteiger partial charge in [-0.15, -0.1) is 0 Å². The standard InChI is InChI=1S/C18H22N2O/c1-3-9-20-18-8-7-16-15(5-4-6-17(16)18)13-10-14(21-2)12-19-11-13/h4-6,10-12,18,20H,3,7-9H2,1-2H3. The average molecular weight is 282 g/mol. The first kappa shape index (κ1) is 14.1. The van der Waals surface area contributed by atoms with Gasteiger partial charge in [0, 0.05) is 17.8 Å². The third-order valence-electron chi connectivity index (χ3n) is 4.17. The Labute approximate surface area is 126 Å². The molecule has 3 rings (SSSR count). The first-order valence-corrected chi connectivity index (χ1v) is 7.68. The molecule has 1 aliphatic rings. The van der Waals surface area contributed by atoms with Crippen LogP contribution in [0.3, 0.4) is 0 Å². The fourth-order valence-electron chi connectivity index (χ4n) is 3.13. The molecular formula is C18H22N2O. The van der Waals surface area contributed by atoms with Crippen molar-refractivity contribution in [3.63, 3.8) is 0 Å². The summed E-state index contributed by atoms with van der Waals surface area (Å²) in [4.78, 5) is 4.29. The quantitative estimate of drug-likeness (QED) is 0.907. The van der Waals surface area contributed by atoms with Crippen LogP contribution < -0.4 is 10.1 Å². The van der Waals surface area contributed by atoms with Gasteiger partial charge in [0.15, 0.2) is 0 Å². The number of aromatic nitrogens is 1. The van der Waals surface area contributed by atoms with Crippen molar-refractivity contribution in [2.75, 3.05) is 13.7 Å². The first-order valence-electron chi connectivity index (χ1n) is 7.68. The van der Waals surface area contributed by atoms with Crippen LogP contribution >= 0.6 is 0 Å². The van der Waals surface area contributed by atoms with Crippen LogP contribution in [-0.2, 0) is 6.42 Å². The summed E-state index contributed by atoms with van der Waals surface area (Å²) in [6.45, 7) is 3.29. The molecule has 21 heavy (non-hydrogen) atoms. The molecule has 0 saturated heterocycles. The summed E-state index contributed by atoms with van der Waals surface area (Å²) in [7, 11) is 1.68. The lowest BCUT2D eigenvalue weighted by Crippen LogP contribution is -2.19. The number of hydrogen-bond donors (Lipinski definition) is 1. The van der Waals surface area contributed by atoms with Crippen molar-refractivity contribution in [1.29, 1.82) is 0 Å². The molecule has 110 valence electrons. The Kier molecular flexibility index (Phi) is 4.20. The van der Waals surface area contributed by atoms with E-state index < -0.39 is 0 Å². The minimum atomic E-state index is 0.499. The normalized spacial score (nSPS) is 16.8. The van der Waals surface area contributed by atoms with E-state index in [1.54, 1.807) is 13.3 Å². The van der Waals surface area contributed by atoms with Crippen LogP contribution in [0.5, 0.6) is 5.75 Å². The second kappa shape index (κ2) is 6.27. The third-order valence-corrected chi connectivity index (χ3v) is 4.17. The van der Waals surface area contributed by atoms with Crippen molar-refractivity contribution in [3.8, 4) is 16.9 Å². The summed E-state index contributed by atoms with van der Waals surface area (Å²) >= 11 is 0. The van der Waals surface area contributed by atoms with Gasteiger partial charge in [-0.05, 0) is 48.6 Å². The Morgan fingerprint density at radius 3 is 3.05 bits per heavy atom. The molecule has 1 aromatic heterocycles. The second-order valence-electron chi connectivity index (χ2n) is 5.53. The van der Waals surface area contributed by atoms with Crippen molar-refractivity contribution in [2.45, 2.75) is 32.2 Å². The van der Waals surface area contributed by atoms with Gasteiger partial charge in [-0.3, -0.25) is 4.98 Å². The van der Waals surface area contributed by atoms with E-state index in [1.807, 2.05) is 6.20 Å². The van der Waals surface area contributed by atoms with Crippen molar-refractivity contribution < 1.29 is 4.74 Å². The Balaban J connectivity index is 1.96. The van der Waals surface area contributed by atoms with Gasteiger partial charge < -0.3 is 10.1 Å². The monoisotopic (exact) mass is 282 g/mol. The predicted octanol–water partition coefficient (Wildman–Crippen LogP) is 3.74. The Bertz CT molecular complexity index is 624. The van der Waals surface area contributed by atoms with Gasteiger partial charge in [0.05, 0.1) is 13.3 Å². The minimum absolute atomic E-state index is 0.499. The van der Waals surface area contributed by atoms with Gasteiger partial charge >= 0.3 is 0 Å². The van der Waals surface area contributed by atoms with E-state index in [2.05, 4.69) is 41.5 Å². The number of pyridine rings is 1. The zero-order valence-corrected chi connectivity index (χ0v) is 12.7. The van der Waals surface area contributed by atoms with Crippen LogP contribution in [0.2, 0.25) is 0 Å². The van der Waals surface area contributed by atoms with Crippen molar-refractivity contribution >= 4 is 0 Å². The zero-order valence-electron chi connectivity index (χ0n) is 12.7. The Morgan fingerprint density at radius 2 is 2.24 bits per heavy atom. The maximum Gasteiger partial charge on any atom is 0.137 e. The summed E-state index contributed by atoms with van der Waals surface area (Å²) in [5.74, 6) is 0.809. The molecular weight excluding hydrogens is 260 g/mol. The van der Waals surface area contributed by atoms with E-state index in [4.69, 9.17) is 4.74 Å². The van der Waals surface area contributed by atoms with Crippen molar-refractivity contribution in [2.24, 2.45) is 0 Å². The van der Waals surface area contributed by atoms with Crippen LogP contribution in [0.25, 0.3) is 11.1 Å². The smallest absolute Gasteiger partial charge is 0.137 e. The molecule has 0 fully saturated rings. The minimum Gasteiger partial charge on any atom is -0.495 e. The number of benzene rings is 1. The van der Waals surface area contributed by atoms with Gasteiger partial charge in [-0.2, -0.15) is 0 Å². The molecule has 1 atom stereocenters. The molecule has 0 spiro atoms. The lowest BCUT2D eigenvalue weighted by Gasteiger charge is -2.14. The fourth-order valence-corrected chi connectivity index (χ4v) is 3.13. The van der Waals surface area contributed by atoms with E-state index in [0.29, 0.717) is 6.04 Å². The number of nitrogens with zero attached hydrogens (tertiary/aromatic N) is 1. The zero-order chi connectivity index (χ0) is 14.7. The van der Waals surface area contributed by atoms with Crippen LogP contribution in [0.1, 0.15) is 36.9 Å². The highest BCUT2D eigenvalue weighted by atomic mass is 16.5. The van der Waals surface area contributed by atoms with Gasteiger partial charge in [-0.1, -0.05) is 25.1 Å². The highest BCUT2D eigenvalue weighted by molar-refractivity contribution is 5.70. The average Bonchev–Trinajstić information content (AvgIpc) is 2.96. The predicted molar refractivity (Wildman–Crippen MR) is 85.6 cm³/mol. The number of nitrogens with one attached hydrogen (secondary N) is 1. The molecule has 0 amide bonds. The van der Waals surface area contributed by atoms with Crippen LogP contribution in [0, 0.1) is 0 Å². The highest BCUT2D eigenvalue weighted by Crippen LogP contribution is 2.38. The summed E-state index contributed by atoms with van der Waals surface area (Å²) in [5.41, 5.74) is 5.34. The second-order valence-corrected chi connectivity index (χ2v) is 5.53. The summed E-state index contributed by atoms with van der Waals surface area (Å²) in [6, 6.07) is 9.16. The molecule has 1 unspecified atom stereocenters. The molecule has 1 N–H and O–H groups in total.